The first-order valence-corrected chi connectivity index (χ1v) is 12.7. The zero-order valence-corrected chi connectivity index (χ0v) is 21.7. The molecule has 0 bridgehead atoms. The summed E-state index contributed by atoms with van der Waals surface area (Å²) in [4.78, 5) is 7.43. The number of fused-ring (bicyclic) bond motifs is 1. The fraction of sp³-hybridized carbons (Fsp3) is 0.367. The highest BCUT2D eigenvalue weighted by Crippen LogP contribution is 2.37. The average Bonchev–Trinajstić information content (AvgIpc) is 3.56. The first kappa shape index (κ1) is 25.6. The van der Waals surface area contributed by atoms with Gasteiger partial charge in [0.05, 0.1) is 19.2 Å². The Morgan fingerprint density at radius 2 is 2.03 bits per heavy atom. The highest BCUT2D eigenvalue weighted by Gasteiger charge is 2.16. The van der Waals surface area contributed by atoms with E-state index in [2.05, 4.69) is 22.9 Å². The van der Waals surface area contributed by atoms with E-state index in [0.29, 0.717) is 24.7 Å². The minimum absolute atomic E-state index is 0.638. The average molecular weight is 488 g/mol. The largest absolute Gasteiger partial charge is 0.493 e. The molecule has 0 atom stereocenters. The maximum absolute atomic E-state index is 6.18. The Bertz CT molecular complexity index is 1240. The van der Waals surface area contributed by atoms with Crippen LogP contribution in [0.15, 0.2) is 71.2 Å². The molecule has 1 aliphatic heterocycles. The molecule has 0 unspecified atom stereocenters. The van der Waals surface area contributed by atoms with Gasteiger partial charge in [0.2, 0.25) is 0 Å². The molecular weight excluding hydrogens is 450 g/mol. The highest BCUT2D eigenvalue weighted by atomic mass is 16.5. The lowest BCUT2D eigenvalue weighted by Gasteiger charge is -2.17. The number of ether oxygens (including phenoxy) is 2. The van der Waals surface area contributed by atoms with Crippen molar-refractivity contribution < 1.29 is 13.9 Å². The quantitative estimate of drug-likeness (QED) is 0.225. The van der Waals surface area contributed by atoms with E-state index in [1.807, 2.05) is 56.3 Å². The molecule has 1 aromatic carbocycles. The van der Waals surface area contributed by atoms with Crippen LogP contribution >= 0.6 is 0 Å². The first-order valence-electron chi connectivity index (χ1n) is 12.7. The monoisotopic (exact) mass is 487 g/mol. The van der Waals surface area contributed by atoms with Crippen LogP contribution in [0.1, 0.15) is 31.9 Å². The summed E-state index contributed by atoms with van der Waals surface area (Å²) < 4.78 is 17.8. The predicted molar refractivity (Wildman–Crippen MR) is 148 cm³/mol. The van der Waals surface area contributed by atoms with Gasteiger partial charge in [0.1, 0.15) is 11.5 Å². The van der Waals surface area contributed by atoms with Gasteiger partial charge in [0.25, 0.3) is 0 Å². The minimum atomic E-state index is 0.638. The zero-order chi connectivity index (χ0) is 25.3. The number of pyridine rings is 1. The van der Waals surface area contributed by atoms with Gasteiger partial charge in [-0.25, -0.2) is 4.98 Å². The lowest BCUT2D eigenvalue weighted by molar-refractivity contribution is 0.254. The van der Waals surface area contributed by atoms with Gasteiger partial charge in [-0.2, -0.15) is 0 Å². The minimum Gasteiger partial charge on any atom is -0.493 e. The van der Waals surface area contributed by atoms with E-state index in [4.69, 9.17) is 18.9 Å². The second-order valence-electron chi connectivity index (χ2n) is 9.07. The SMILES string of the molecule is C=C/C=C(\C=C/C)CNc1cc(-c2ccc(C)o2)nc2cc(OCCCN3CCCC3)c(OC)cc12. The first-order chi connectivity index (χ1) is 17.6. The Morgan fingerprint density at radius 1 is 1.19 bits per heavy atom. The van der Waals surface area contributed by atoms with Crippen molar-refractivity contribution >= 4 is 16.6 Å². The van der Waals surface area contributed by atoms with Gasteiger partial charge < -0.3 is 24.1 Å². The van der Waals surface area contributed by atoms with Crippen molar-refractivity contribution in [2.24, 2.45) is 0 Å². The molecule has 1 N–H and O–H groups in total. The Morgan fingerprint density at radius 3 is 2.72 bits per heavy atom. The molecule has 1 aliphatic rings. The third kappa shape index (κ3) is 6.38. The topological polar surface area (TPSA) is 59.8 Å². The van der Waals surface area contributed by atoms with Crippen LogP contribution in [-0.2, 0) is 0 Å². The molecule has 1 fully saturated rings. The number of rotatable bonds is 12. The summed E-state index contributed by atoms with van der Waals surface area (Å²) in [5.74, 6) is 2.99. The maximum Gasteiger partial charge on any atom is 0.163 e. The summed E-state index contributed by atoms with van der Waals surface area (Å²) >= 11 is 0. The molecule has 4 rings (SSSR count). The van der Waals surface area contributed by atoms with E-state index >= 15 is 0 Å². The van der Waals surface area contributed by atoms with Gasteiger partial charge in [-0.15, -0.1) is 0 Å². The van der Waals surface area contributed by atoms with Gasteiger partial charge in [0.15, 0.2) is 17.3 Å². The van der Waals surface area contributed by atoms with Crippen LogP contribution in [0, 0.1) is 6.92 Å². The maximum atomic E-state index is 6.18. The number of anilines is 1. The van der Waals surface area contributed by atoms with Crippen molar-refractivity contribution in [3.05, 3.63) is 72.5 Å². The predicted octanol–water partition coefficient (Wildman–Crippen LogP) is 6.78. The van der Waals surface area contributed by atoms with Crippen LogP contribution in [0.2, 0.25) is 0 Å². The van der Waals surface area contributed by atoms with E-state index in [1.54, 1.807) is 13.2 Å². The molecule has 1 saturated heterocycles. The number of allylic oxidation sites excluding steroid dienone is 3. The lowest BCUT2D eigenvalue weighted by atomic mass is 10.1. The lowest BCUT2D eigenvalue weighted by Crippen LogP contribution is -2.21. The molecule has 36 heavy (non-hydrogen) atoms. The molecule has 0 radical (unpaired) electrons. The Labute approximate surface area is 214 Å². The van der Waals surface area contributed by atoms with E-state index in [9.17, 15) is 0 Å². The van der Waals surface area contributed by atoms with Crippen molar-refractivity contribution in [3.8, 4) is 23.0 Å². The summed E-state index contributed by atoms with van der Waals surface area (Å²) in [7, 11) is 1.68. The van der Waals surface area contributed by atoms with Crippen LogP contribution in [0.5, 0.6) is 11.5 Å². The number of likely N-dealkylation sites (tertiary alicyclic amines) is 1. The number of methoxy groups -OCH3 is 1. The standard InChI is InChI=1S/C30H37N3O3/c1-5-10-23(11-6-2)21-31-25-19-27(28-13-12-22(3)36-28)32-26-20-30(29(34-4)18-24(25)26)35-17-9-16-33-14-7-8-15-33/h5-6,10-13,18-20H,1,7-9,14-17,21H2,2-4H3,(H,31,32)/b11-6-,23-10+. The number of furan rings is 1. The summed E-state index contributed by atoms with van der Waals surface area (Å²) in [6.07, 6.45) is 11.5. The highest BCUT2D eigenvalue weighted by molar-refractivity contribution is 5.95. The number of hydrogen-bond donors (Lipinski definition) is 1. The molecule has 0 saturated carbocycles. The van der Waals surface area contributed by atoms with Crippen LogP contribution in [0.25, 0.3) is 22.4 Å². The molecule has 2 aromatic heterocycles. The van der Waals surface area contributed by atoms with Crippen LogP contribution in [-0.4, -0.2) is 49.8 Å². The third-order valence-corrected chi connectivity index (χ3v) is 6.36. The van der Waals surface area contributed by atoms with Crippen molar-refractivity contribution in [3.63, 3.8) is 0 Å². The molecule has 6 heteroatoms. The molecule has 0 amide bonds. The fourth-order valence-corrected chi connectivity index (χ4v) is 4.56. The second-order valence-corrected chi connectivity index (χ2v) is 9.07. The molecule has 0 spiro atoms. The van der Waals surface area contributed by atoms with Gasteiger partial charge in [-0.05, 0) is 76.0 Å². The number of hydrogen-bond acceptors (Lipinski definition) is 6. The summed E-state index contributed by atoms with van der Waals surface area (Å²) in [5, 5.41) is 4.54. The van der Waals surface area contributed by atoms with Gasteiger partial charge in [-0.1, -0.05) is 30.9 Å². The van der Waals surface area contributed by atoms with Crippen LogP contribution in [0.4, 0.5) is 5.69 Å². The van der Waals surface area contributed by atoms with Gasteiger partial charge in [0, 0.05) is 30.2 Å². The van der Waals surface area contributed by atoms with Crippen molar-refractivity contribution in [1.82, 2.24) is 9.88 Å². The van der Waals surface area contributed by atoms with Crippen LogP contribution < -0.4 is 14.8 Å². The normalized spacial score (nSPS) is 14.6. The fourth-order valence-electron chi connectivity index (χ4n) is 4.56. The molecule has 6 nitrogen and oxygen atoms in total. The molecule has 3 heterocycles. The van der Waals surface area contributed by atoms with Crippen molar-refractivity contribution in [2.75, 3.05) is 45.2 Å². The van der Waals surface area contributed by atoms with E-state index in [0.717, 1.165) is 52.3 Å². The smallest absolute Gasteiger partial charge is 0.163 e. The molecule has 3 aromatic rings. The third-order valence-electron chi connectivity index (χ3n) is 6.36. The van der Waals surface area contributed by atoms with Crippen molar-refractivity contribution in [1.29, 1.82) is 0 Å². The Kier molecular flexibility index (Phi) is 8.85. The zero-order valence-electron chi connectivity index (χ0n) is 21.7. The molecule has 190 valence electrons. The number of aryl methyl sites for hydroxylation is 1. The Hall–Kier alpha value is -3.51. The Balaban J connectivity index is 1.64. The van der Waals surface area contributed by atoms with E-state index in [1.165, 1.54) is 25.9 Å². The number of nitrogens with zero attached hydrogens (tertiary/aromatic N) is 2. The molecular formula is C30H37N3O3. The number of benzene rings is 1. The van der Waals surface area contributed by atoms with E-state index < -0.39 is 0 Å². The van der Waals surface area contributed by atoms with Crippen LogP contribution in [0.3, 0.4) is 0 Å². The number of nitrogens with one attached hydrogen (secondary N) is 1. The summed E-state index contributed by atoms with van der Waals surface area (Å²) in [6.45, 7) is 12.5. The van der Waals surface area contributed by atoms with Gasteiger partial charge >= 0.3 is 0 Å². The molecule has 0 aliphatic carbocycles. The summed E-state index contributed by atoms with van der Waals surface area (Å²) in [5.41, 5.74) is 3.66. The van der Waals surface area contributed by atoms with Gasteiger partial charge in [-0.3, -0.25) is 0 Å². The van der Waals surface area contributed by atoms with Crippen molar-refractivity contribution in [2.45, 2.75) is 33.1 Å². The number of aromatic nitrogens is 1. The second kappa shape index (κ2) is 12.5. The van der Waals surface area contributed by atoms with E-state index in [-0.39, 0.29) is 0 Å². The summed E-state index contributed by atoms with van der Waals surface area (Å²) in [6, 6.07) is 9.91.